The van der Waals surface area contributed by atoms with Gasteiger partial charge in [-0.1, -0.05) is 24.3 Å². The Kier molecular flexibility index (Phi) is 4.35. The van der Waals surface area contributed by atoms with E-state index in [1.54, 1.807) is 0 Å². The number of ether oxygens (including phenoxy) is 2. The van der Waals surface area contributed by atoms with E-state index in [-0.39, 0.29) is 0 Å². The predicted octanol–water partition coefficient (Wildman–Crippen LogP) is 1.68. The minimum absolute atomic E-state index is 0.313. The van der Waals surface area contributed by atoms with Crippen molar-refractivity contribution in [2.45, 2.75) is 6.04 Å². The molecule has 1 aromatic rings. The Balaban J connectivity index is 1.58. The molecular formula is C16H22N2O2. The highest BCUT2D eigenvalue weighted by Gasteiger charge is 2.18. The van der Waals surface area contributed by atoms with E-state index in [9.17, 15) is 0 Å². The van der Waals surface area contributed by atoms with Crippen molar-refractivity contribution in [3.63, 3.8) is 0 Å². The molecule has 1 heterocycles. The monoisotopic (exact) mass is 274 g/mol. The molecule has 0 spiro atoms. The maximum atomic E-state index is 5.98. The molecule has 1 N–H and O–H groups in total. The van der Waals surface area contributed by atoms with Crippen LogP contribution in [-0.4, -0.2) is 51.4 Å². The Labute approximate surface area is 120 Å². The summed E-state index contributed by atoms with van der Waals surface area (Å²) < 4.78 is 11.3. The van der Waals surface area contributed by atoms with E-state index in [1.165, 1.54) is 11.1 Å². The lowest BCUT2D eigenvalue weighted by molar-refractivity contribution is 0.0322. The summed E-state index contributed by atoms with van der Waals surface area (Å²) in [7, 11) is 1.98. The van der Waals surface area contributed by atoms with Crippen LogP contribution in [0.1, 0.15) is 17.2 Å². The van der Waals surface area contributed by atoms with Crippen molar-refractivity contribution >= 4 is 6.08 Å². The summed E-state index contributed by atoms with van der Waals surface area (Å²) in [6.07, 6.45) is 4.33. The Morgan fingerprint density at radius 1 is 1.35 bits per heavy atom. The lowest BCUT2D eigenvalue weighted by Gasteiger charge is -2.26. The molecule has 20 heavy (non-hydrogen) atoms. The first-order valence-corrected chi connectivity index (χ1v) is 7.30. The third-order valence-corrected chi connectivity index (χ3v) is 3.97. The molecule has 4 heteroatoms. The van der Waals surface area contributed by atoms with Crippen LogP contribution in [0.15, 0.2) is 24.3 Å². The molecule has 1 saturated heterocycles. The Hall–Kier alpha value is -1.36. The van der Waals surface area contributed by atoms with Gasteiger partial charge in [-0.2, -0.15) is 0 Å². The lowest BCUT2D eigenvalue weighted by Crippen LogP contribution is -2.38. The minimum atomic E-state index is 0.313. The van der Waals surface area contributed by atoms with E-state index >= 15 is 0 Å². The standard InChI is InChI=1S/C16H22N2O2/c1-17-15-6-5-14-13(15)3-2-4-16(14)20-12-9-18-7-10-19-11-8-18/h2-6,15,17H,7-12H2,1H3. The van der Waals surface area contributed by atoms with Gasteiger partial charge in [0.15, 0.2) is 0 Å². The number of fused-ring (bicyclic) bond motifs is 1. The first kappa shape index (κ1) is 13.6. The van der Waals surface area contributed by atoms with Crippen LogP contribution in [-0.2, 0) is 4.74 Å². The smallest absolute Gasteiger partial charge is 0.126 e. The van der Waals surface area contributed by atoms with E-state index < -0.39 is 0 Å². The summed E-state index contributed by atoms with van der Waals surface area (Å²) in [5.41, 5.74) is 2.52. The van der Waals surface area contributed by atoms with Crippen LogP contribution in [0.5, 0.6) is 5.75 Å². The third kappa shape index (κ3) is 2.87. The van der Waals surface area contributed by atoms with Crippen LogP contribution in [0.25, 0.3) is 6.08 Å². The zero-order chi connectivity index (χ0) is 13.8. The van der Waals surface area contributed by atoms with Gasteiger partial charge in [-0.25, -0.2) is 0 Å². The number of morpholine rings is 1. The van der Waals surface area contributed by atoms with Gasteiger partial charge in [0.1, 0.15) is 12.4 Å². The van der Waals surface area contributed by atoms with Crippen molar-refractivity contribution < 1.29 is 9.47 Å². The van der Waals surface area contributed by atoms with Gasteiger partial charge in [0.05, 0.1) is 19.3 Å². The van der Waals surface area contributed by atoms with Crippen LogP contribution in [0.3, 0.4) is 0 Å². The second kappa shape index (κ2) is 6.39. The zero-order valence-electron chi connectivity index (χ0n) is 12.0. The Morgan fingerprint density at radius 3 is 3.00 bits per heavy atom. The second-order valence-electron chi connectivity index (χ2n) is 5.19. The molecule has 0 bridgehead atoms. The molecular weight excluding hydrogens is 252 g/mol. The molecule has 0 amide bonds. The molecule has 108 valence electrons. The number of rotatable bonds is 5. The first-order valence-electron chi connectivity index (χ1n) is 7.30. The maximum absolute atomic E-state index is 5.98. The molecule has 1 aliphatic carbocycles. The Morgan fingerprint density at radius 2 is 2.20 bits per heavy atom. The topological polar surface area (TPSA) is 33.7 Å². The van der Waals surface area contributed by atoms with E-state index in [0.717, 1.165) is 45.2 Å². The summed E-state index contributed by atoms with van der Waals surface area (Å²) >= 11 is 0. The highest BCUT2D eigenvalue weighted by Crippen LogP contribution is 2.34. The summed E-state index contributed by atoms with van der Waals surface area (Å²) in [6.45, 7) is 5.40. The highest BCUT2D eigenvalue weighted by molar-refractivity contribution is 5.67. The third-order valence-electron chi connectivity index (χ3n) is 3.97. The number of nitrogens with zero attached hydrogens (tertiary/aromatic N) is 1. The van der Waals surface area contributed by atoms with Crippen molar-refractivity contribution in [2.24, 2.45) is 0 Å². The molecule has 0 aromatic heterocycles. The molecule has 0 saturated carbocycles. The van der Waals surface area contributed by atoms with E-state index in [0.29, 0.717) is 6.04 Å². The van der Waals surface area contributed by atoms with Crippen molar-refractivity contribution in [2.75, 3.05) is 46.5 Å². The fraction of sp³-hybridized carbons (Fsp3) is 0.500. The van der Waals surface area contributed by atoms with Crippen molar-refractivity contribution in [1.29, 1.82) is 0 Å². The zero-order valence-corrected chi connectivity index (χ0v) is 12.0. The molecule has 0 radical (unpaired) electrons. The predicted molar refractivity (Wildman–Crippen MR) is 80.0 cm³/mol. The van der Waals surface area contributed by atoms with Gasteiger partial charge >= 0.3 is 0 Å². The number of likely N-dealkylation sites (N-methyl/N-ethyl adjacent to an activating group) is 1. The second-order valence-corrected chi connectivity index (χ2v) is 5.19. The fourth-order valence-corrected chi connectivity index (χ4v) is 2.79. The lowest BCUT2D eigenvalue weighted by atomic mass is 10.1. The SMILES string of the molecule is CNC1C=Cc2c(OCCN3CCOCC3)cccc21. The molecule has 1 aliphatic heterocycles. The number of hydrogen-bond acceptors (Lipinski definition) is 4. The van der Waals surface area contributed by atoms with E-state index in [4.69, 9.17) is 9.47 Å². The van der Waals surface area contributed by atoms with E-state index in [1.807, 2.05) is 7.05 Å². The van der Waals surface area contributed by atoms with Crippen LogP contribution in [0.4, 0.5) is 0 Å². The van der Waals surface area contributed by atoms with Crippen LogP contribution in [0.2, 0.25) is 0 Å². The van der Waals surface area contributed by atoms with Gasteiger partial charge < -0.3 is 14.8 Å². The minimum Gasteiger partial charge on any atom is -0.492 e. The molecule has 2 aliphatic rings. The number of benzene rings is 1. The molecule has 1 aromatic carbocycles. The normalized spacial score (nSPS) is 21.9. The summed E-state index contributed by atoms with van der Waals surface area (Å²) in [4.78, 5) is 2.39. The van der Waals surface area contributed by atoms with Crippen molar-refractivity contribution in [3.05, 3.63) is 35.4 Å². The fourth-order valence-electron chi connectivity index (χ4n) is 2.79. The van der Waals surface area contributed by atoms with Gasteiger partial charge in [0.2, 0.25) is 0 Å². The van der Waals surface area contributed by atoms with Crippen LogP contribution >= 0.6 is 0 Å². The average Bonchev–Trinajstić information content (AvgIpc) is 2.92. The summed E-state index contributed by atoms with van der Waals surface area (Å²) in [5.74, 6) is 0.991. The van der Waals surface area contributed by atoms with Crippen molar-refractivity contribution in [3.8, 4) is 5.75 Å². The van der Waals surface area contributed by atoms with Crippen LogP contribution in [0, 0.1) is 0 Å². The quantitative estimate of drug-likeness (QED) is 0.886. The first-order chi connectivity index (χ1) is 9.88. The molecule has 1 fully saturated rings. The van der Waals surface area contributed by atoms with Gasteiger partial charge in [-0.15, -0.1) is 0 Å². The molecule has 1 atom stereocenters. The molecule has 1 unspecified atom stereocenters. The number of nitrogens with one attached hydrogen (secondary N) is 1. The van der Waals surface area contributed by atoms with Crippen LogP contribution < -0.4 is 10.1 Å². The summed E-state index contributed by atoms with van der Waals surface area (Å²) in [6, 6.07) is 6.60. The largest absolute Gasteiger partial charge is 0.492 e. The molecule has 4 nitrogen and oxygen atoms in total. The average molecular weight is 274 g/mol. The highest BCUT2D eigenvalue weighted by atomic mass is 16.5. The van der Waals surface area contributed by atoms with E-state index in [2.05, 4.69) is 40.6 Å². The number of hydrogen-bond donors (Lipinski definition) is 1. The van der Waals surface area contributed by atoms with Gasteiger partial charge in [-0.3, -0.25) is 4.90 Å². The van der Waals surface area contributed by atoms with Gasteiger partial charge in [0.25, 0.3) is 0 Å². The van der Waals surface area contributed by atoms with Gasteiger partial charge in [0, 0.05) is 25.2 Å². The van der Waals surface area contributed by atoms with Crippen molar-refractivity contribution in [1.82, 2.24) is 10.2 Å². The van der Waals surface area contributed by atoms with Gasteiger partial charge in [-0.05, 0) is 18.7 Å². The molecule has 3 rings (SSSR count). The Bertz CT molecular complexity index is 481. The maximum Gasteiger partial charge on any atom is 0.126 e. The summed E-state index contributed by atoms with van der Waals surface area (Å²) in [5, 5.41) is 3.29.